The number of benzene rings is 1. The first-order valence-electron chi connectivity index (χ1n) is 4.47. The van der Waals surface area contributed by atoms with Crippen molar-refractivity contribution in [2.24, 2.45) is 4.99 Å². The maximum Gasteiger partial charge on any atom is 0.161 e. The van der Waals surface area contributed by atoms with Crippen LogP contribution >= 0.6 is 27.7 Å². The predicted molar refractivity (Wildman–Crippen MR) is 67.5 cm³/mol. The molecule has 1 aromatic rings. The van der Waals surface area contributed by atoms with Gasteiger partial charge in [-0.3, -0.25) is 4.99 Å². The van der Waals surface area contributed by atoms with Crippen LogP contribution in [0.15, 0.2) is 35.3 Å². The SMILES string of the molecule is BrC[C@@H]1CN=C(Nc2ccccc2)S1. The van der Waals surface area contributed by atoms with Crippen molar-refractivity contribution in [3.63, 3.8) is 0 Å². The van der Waals surface area contributed by atoms with Crippen LogP contribution < -0.4 is 5.32 Å². The quantitative estimate of drug-likeness (QED) is 0.836. The zero-order chi connectivity index (χ0) is 9.80. The number of halogens is 1. The monoisotopic (exact) mass is 270 g/mol. The Kier molecular flexibility index (Phi) is 3.48. The molecular formula is C10H11BrN2S. The van der Waals surface area contributed by atoms with E-state index in [0.717, 1.165) is 22.7 Å². The second kappa shape index (κ2) is 4.84. The van der Waals surface area contributed by atoms with Gasteiger partial charge in [0, 0.05) is 16.3 Å². The first-order valence-corrected chi connectivity index (χ1v) is 6.48. The third kappa shape index (κ3) is 2.51. The number of hydrogen-bond acceptors (Lipinski definition) is 3. The molecule has 2 rings (SSSR count). The molecular weight excluding hydrogens is 260 g/mol. The molecule has 0 aliphatic carbocycles. The van der Waals surface area contributed by atoms with Crippen molar-refractivity contribution in [1.29, 1.82) is 0 Å². The molecule has 0 spiro atoms. The summed E-state index contributed by atoms with van der Waals surface area (Å²) in [4.78, 5) is 4.42. The van der Waals surface area contributed by atoms with Gasteiger partial charge in [-0.25, -0.2) is 0 Å². The van der Waals surface area contributed by atoms with E-state index in [1.165, 1.54) is 0 Å². The number of para-hydroxylation sites is 1. The van der Waals surface area contributed by atoms with E-state index in [2.05, 4.69) is 26.2 Å². The van der Waals surface area contributed by atoms with Crippen LogP contribution in [-0.4, -0.2) is 22.3 Å². The highest BCUT2D eigenvalue weighted by atomic mass is 79.9. The number of hydrogen-bond donors (Lipinski definition) is 1. The lowest BCUT2D eigenvalue weighted by molar-refractivity contribution is 0.993. The molecule has 0 saturated heterocycles. The van der Waals surface area contributed by atoms with Crippen LogP contribution in [-0.2, 0) is 0 Å². The van der Waals surface area contributed by atoms with Gasteiger partial charge in [-0.2, -0.15) is 0 Å². The smallest absolute Gasteiger partial charge is 0.161 e. The topological polar surface area (TPSA) is 24.4 Å². The van der Waals surface area contributed by atoms with E-state index in [0.29, 0.717) is 5.25 Å². The lowest BCUT2D eigenvalue weighted by Gasteiger charge is -2.05. The van der Waals surface area contributed by atoms with E-state index in [4.69, 9.17) is 0 Å². The highest BCUT2D eigenvalue weighted by Gasteiger charge is 2.17. The standard InChI is InChI=1S/C10H11BrN2S/c11-6-9-7-12-10(14-9)13-8-4-2-1-3-5-8/h1-5,9H,6-7H2,(H,12,13)/t9-/m1/s1. The Labute approximate surface area is 96.3 Å². The Hall–Kier alpha value is -0.480. The Morgan fingerprint density at radius 3 is 2.86 bits per heavy atom. The van der Waals surface area contributed by atoms with Crippen molar-refractivity contribution in [2.45, 2.75) is 5.25 Å². The van der Waals surface area contributed by atoms with Crippen molar-refractivity contribution >= 4 is 38.5 Å². The fourth-order valence-electron chi connectivity index (χ4n) is 1.21. The zero-order valence-electron chi connectivity index (χ0n) is 7.61. The summed E-state index contributed by atoms with van der Waals surface area (Å²) in [6, 6.07) is 10.1. The van der Waals surface area contributed by atoms with E-state index >= 15 is 0 Å². The molecule has 0 amide bonds. The third-order valence-electron chi connectivity index (χ3n) is 1.91. The summed E-state index contributed by atoms with van der Waals surface area (Å²) in [7, 11) is 0. The van der Waals surface area contributed by atoms with Gasteiger partial charge in [0.25, 0.3) is 0 Å². The summed E-state index contributed by atoms with van der Waals surface area (Å²) in [5.74, 6) is 0. The van der Waals surface area contributed by atoms with E-state index < -0.39 is 0 Å². The van der Waals surface area contributed by atoms with E-state index in [9.17, 15) is 0 Å². The molecule has 4 heteroatoms. The molecule has 0 saturated carbocycles. The Bertz CT molecular complexity index is 326. The highest BCUT2D eigenvalue weighted by molar-refractivity contribution is 9.09. The largest absolute Gasteiger partial charge is 0.335 e. The predicted octanol–water partition coefficient (Wildman–Crippen LogP) is 2.96. The van der Waals surface area contributed by atoms with Gasteiger partial charge in [-0.15, -0.1) is 0 Å². The van der Waals surface area contributed by atoms with Gasteiger partial charge in [-0.1, -0.05) is 45.9 Å². The van der Waals surface area contributed by atoms with Crippen molar-refractivity contribution in [1.82, 2.24) is 0 Å². The van der Waals surface area contributed by atoms with Crippen molar-refractivity contribution in [3.8, 4) is 0 Å². The van der Waals surface area contributed by atoms with Gasteiger partial charge >= 0.3 is 0 Å². The van der Waals surface area contributed by atoms with E-state index in [-0.39, 0.29) is 0 Å². The maximum atomic E-state index is 4.42. The number of aliphatic imine (C=N–C) groups is 1. The van der Waals surface area contributed by atoms with Crippen molar-refractivity contribution in [3.05, 3.63) is 30.3 Å². The molecule has 2 nitrogen and oxygen atoms in total. The molecule has 1 aliphatic rings. The minimum absolute atomic E-state index is 0.584. The molecule has 1 aliphatic heterocycles. The van der Waals surface area contributed by atoms with Crippen LogP contribution in [0, 0.1) is 0 Å². The van der Waals surface area contributed by atoms with Gasteiger partial charge in [-0.05, 0) is 12.1 Å². The Morgan fingerprint density at radius 1 is 1.43 bits per heavy atom. The lowest BCUT2D eigenvalue weighted by Crippen LogP contribution is -2.08. The summed E-state index contributed by atoms with van der Waals surface area (Å²) >= 11 is 5.26. The molecule has 14 heavy (non-hydrogen) atoms. The number of nitrogens with one attached hydrogen (secondary N) is 1. The van der Waals surface area contributed by atoms with Gasteiger partial charge in [0.2, 0.25) is 0 Å². The number of amidine groups is 1. The highest BCUT2D eigenvalue weighted by Crippen LogP contribution is 2.23. The first kappa shape index (κ1) is 10.1. The van der Waals surface area contributed by atoms with Crippen molar-refractivity contribution < 1.29 is 0 Å². The van der Waals surface area contributed by atoms with Crippen LogP contribution in [0.5, 0.6) is 0 Å². The number of nitrogens with zero attached hydrogens (tertiary/aromatic N) is 1. The van der Waals surface area contributed by atoms with Gasteiger partial charge in [0.1, 0.15) is 0 Å². The molecule has 0 unspecified atom stereocenters. The summed E-state index contributed by atoms with van der Waals surface area (Å²) in [5, 5.41) is 5.91. The lowest BCUT2D eigenvalue weighted by atomic mass is 10.3. The van der Waals surface area contributed by atoms with Crippen LogP contribution in [0.4, 0.5) is 5.69 Å². The molecule has 0 radical (unpaired) electrons. The minimum Gasteiger partial charge on any atom is -0.335 e. The summed E-state index contributed by atoms with van der Waals surface area (Å²) < 4.78 is 0. The maximum absolute atomic E-state index is 4.42. The van der Waals surface area contributed by atoms with E-state index in [1.54, 1.807) is 11.8 Å². The van der Waals surface area contributed by atoms with Crippen molar-refractivity contribution in [2.75, 3.05) is 17.2 Å². The fourth-order valence-corrected chi connectivity index (χ4v) is 2.67. The molecule has 1 atom stereocenters. The zero-order valence-corrected chi connectivity index (χ0v) is 10.0. The molecule has 0 aromatic heterocycles. The summed E-state index contributed by atoms with van der Waals surface area (Å²) in [6.45, 7) is 0.908. The molecule has 74 valence electrons. The molecule has 0 bridgehead atoms. The van der Waals surface area contributed by atoms with Crippen LogP contribution in [0.3, 0.4) is 0 Å². The molecule has 1 aromatic carbocycles. The minimum atomic E-state index is 0.584. The molecule has 1 N–H and O–H groups in total. The van der Waals surface area contributed by atoms with E-state index in [1.807, 2.05) is 30.3 Å². The average molecular weight is 271 g/mol. The summed E-state index contributed by atoms with van der Waals surface area (Å²) in [5.41, 5.74) is 1.11. The number of alkyl halides is 1. The first-order chi connectivity index (χ1) is 6.88. The fraction of sp³-hybridized carbons (Fsp3) is 0.300. The second-order valence-electron chi connectivity index (χ2n) is 3.03. The second-order valence-corrected chi connectivity index (χ2v) is 4.97. The summed E-state index contributed by atoms with van der Waals surface area (Å²) in [6.07, 6.45) is 0. The Balaban J connectivity index is 1.94. The van der Waals surface area contributed by atoms with Crippen LogP contribution in [0.1, 0.15) is 0 Å². The number of thioether (sulfide) groups is 1. The van der Waals surface area contributed by atoms with Gasteiger partial charge in [0.15, 0.2) is 5.17 Å². The number of anilines is 1. The van der Waals surface area contributed by atoms with Crippen LogP contribution in [0.2, 0.25) is 0 Å². The Morgan fingerprint density at radius 2 is 2.21 bits per heavy atom. The molecule has 0 fully saturated rings. The van der Waals surface area contributed by atoms with Crippen LogP contribution in [0.25, 0.3) is 0 Å². The average Bonchev–Trinajstić information content (AvgIpc) is 2.67. The normalized spacial score (nSPS) is 20.6. The molecule has 1 heterocycles. The van der Waals surface area contributed by atoms with Gasteiger partial charge < -0.3 is 5.32 Å². The van der Waals surface area contributed by atoms with Gasteiger partial charge in [0.05, 0.1) is 6.54 Å². The third-order valence-corrected chi connectivity index (χ3v) is 4.23. The number of rotatable bonds is 2.